The Morgan fingerprint density at radius 1 is 1.16 bits per heavy atom. The molecule has 1 heterocycles. The third kappa shape index (κ3) is 2.88. The average molecular weight is 379 g/mol. The SMILES string of the molecule is O=C(c1ccc([N+](=O)[O-])cc1)N1CC=CCC12C(=O)C=C(Cl)C=C2Cl. The number of nitro groups is 1. The van der Waals surface area contributed by atoms with Gasteiger partial charge in [0.2, 0.25) is 0 Å². The number of non-ortho nitro benzene ring substituents is 1. The van der Waals surface area contributed by atoms with Crippen LogP contribution in [-0.2, 0) is 4.79 Å². The molecule has 0 saturated heterocycles. The van der Waals surface area contributed by atoms with E-state index in [1.165, 1.54) is 41.3 Å². The molecule has 2 aliphatic rings. The fourth-order valence-corrected chi connectivity index (χ4v) is 3.60. The van der Waals surface area contributed by atoms with Crippen LogP contribution in [-0.4, -0.2) is 33.6 Å². The highest BCUT2D eigenvalue weighted by atomic mass is 35.5. The van der Waals surface area contributed by atoms with E-state index in [-0.39, 0.29) is 40.1 Å². The van der Waals surface area contributed by atoms with Crippen molar-refractivity contribution in [1.29, 1.82) is 0 Å². The lowest BCUT2D eigenvalue weighted by Crippen LogP contribution is -2.59. The topological polar surface area (TPSA) is 80.5 Å². The van der Waals surface area contributed by atoms with E-state index in [1.54, 1.807) is 12.2 Å². The van der Waals surface area contributed by atoms with Crippen LogP contribution in [0.25, 0.3) is 0 Å². The summed E-state index contributed by atoms with van der Waals surface area (Å²) in [5.41, 5.74) is -1.21. The molecule has 1 aliphatic heterocycles. The zero-order valence-electron chi connectivity index (χ0n) is 12.8. The molecular weight excluding hydrogens is 367 g/mol. The van der Waals surface area contributed by atoms with Gasteiger partial charge in [0.15, 0.2) is 5.78 Å². The van der Waals surface area contributed by atoms with Crippen molar-refractivity contribution in [2.75, 3.05) is 6.54 Å². The molecular formula is C17H12Cl2N2O4. The van der Waals surface area contributed by atoms with Gasteiger partial charge in [-0.25, -0.2) is 0 Å². The first-order chi connectivity index (χ1) is 11.9. The number of carbonyl (C=O) groups excluding carboxylic acids is 2. The van der Waals surface area contributed by atoms with Gasteiger partial charge >= 0.3 is 0 Å². The van der Waals surface area contributed by atoms with Crippen molar-refractivity contribution in [3.05, 3.63) is 74.3 Å². The number of hydrogen-bond donors (Lipinski definition) is 0. The Morgan fingerprint density at radius 3 is 2.44 bits per heavy atom. The van der Waals surface area contributed by atoms with Crippen molar-refractivity contribution >= 4 is 40.6 Å². The first-order valence-electron chi connectivity index (χ1n) is 7.37. The third-order valence-electron chi connectivity index (χ3n) is 4.24. The van der Waals surface area contributed by atoms with Crippen LogP contribution in [0.2, 0.25) is 0 Å². The summed E-state index contributed by atoms with van der Waals surface area (Å²) in [7, 11) is 0. The number of benzene rings is 1. The number of halogens is 2. The molecule has 0 radical (unpaired) electrons. The number of allylic oxidation sites excluding steroid dienone is 2. The summed E-state index contributed by atoms with van der Waals surface area (Å²) in [5.74, 6) is -0.810. The predicted octanol–water partition coefficient (Wildman–Crippen LogP) is 3.56. The molecule has 0 N–H and O–H groups in total. The molecule has 1 unspecified atom stereocenters. The lowest BCUT2D eigenvalue weighted by Gasteiger charge is -2.44. The molecule has 25 heavy (non-hydrogen) atoms. The van der Waals surface area contributed by atoms with E-state index in [4.69, 9.17) is 23.2 Å². The second-order valence-electron chi connectivity index (χ2n) is 5.64. The molecule has 128 valence electrons. The van der Waals surface area contributed by atoms with Crippen molar-refractivity contribution in [2.45, 2.75) is 12.0 Å². The Bertz CT molecular complexity index is 858. The first kappa shape index (κ1) is 17.4. The molecule has 1 atom stereocenters. The second kappa shape index (κ2) is 6.46. The maximum atomic E-state index is 13.0. The number of nitro benzene ring substituents is 1. The molecule has 0 bridgehead atoms. The highest BCUT2D eigenvalue weighted by molar-refractivity contribution is 6.40. The van der Waals surface area contributed by atoms with Crippen molar-refractivity contribution in [2.24, 2.45) is 0 Å². The fraction of sp³-hybridized carbons (Fsp3) is 0.176. The summed E-state index contributed by atoms with van der Waals surface area (Å²) in [6.45, 7) is 0.192. The average Bonchev–Trinajstić information content (AvgIpc) is 2.59. The zero-order chi connectivity index (χ0) is 18.2. The van der Waals surface area contributed by atoms with Crippen LogP contribution in [0.5, 0.6) is 0 Å². The zero-order valence-corrected chi connectivity index (χ0v) is 14.3. The number of amides is 1. The Morgan fingerprint density at radius 2 is 1.84 bits per heavy atom. The smallest absolute Gasteiger partial charge is 0.269 e. The summed E-state index contributed by atoms with van der Waals surface area (Å²) in [5, 5.41) is 11.1. The molecule has 1 aliphatic carbocycles. The Labute approximate surface area is 153 Å². The minimum absolute atomic E-state index is 0.119. The van der Waals surface area contributed by atoms with Gasteiger partial charge in [-0.05, 0) is 18.2 Å². The van der Waals surface area contributed by atoms with E-state index in [1.807, 2.05) is 0 Å². The molecule has 6 nitrogen and oxygen atoms in total. The highest BCUT2D eigenvalue weighted by Crippen LogP contribution is 2.40. The van der Waals surface area contributed by atoms with E-state index in [0.717, 1.165) is 0 Å². The molecule has 0 fully saturated rings. The lowest BCUT2D eigenvalue weighted by atomic mass is 9.81. The number of hydrogen-bond acceptors (Lipinski definition) is 4. The van der Waals surface area contributed by atoms with Gasteiger partial charge in [0, 0.05) is 41.8 Å². The summed E-state index contributed by atoms with van der Waals surface area (Å²) in [6, 6.07) is 5.22. The molecule has 0 aromatic heterocycles. The van der Waals surface area contributed by atoms with Gasteiger partial charge in [0.05, 0.1) is 9.96 Å². The van der Waals surface area contributed by atoms with Gasteiger partial charge in [0.1, 0.15) is 5.54 Å². The van der Waals surface area contributed by atoms with Crippen LogP contribution in [0, 0.1) is 10.1 Å². The molecule has 1 amide bonds. The minimum Gasteiger partial charge on any atom is -0.317 e. The van der Waals surface area contributed by atoms with E-state index in [9.17, 15) is 19.7 Å². The van der Waals surface area contributed by atoms with E-state index in [2.05, 4.69) is 0 Å². The summed E-state index contributed by atoms with van der Waals surface area (Å²) >= 11 is 12.2. The fourth-order valence-electron chi connectivity index (χ4n) is 2.94. The molecule has 1 aromatic rings. The molecule has 8 heteroatoms. The Kier molecular flexibility index (Phi) is 4.49. The van der Waals surface area contributed by atoms with Crippen LogP contribution >= 0.6 is 23.2 Å². The van der Waals surface area contributed by atoms with Crippen LogP contribution in [0.3, 0.4) is 0 Å². The first-order valence-corrected chi connectivity index (χ1v) is 8.12. The van der Waals surface area contributed by atoms with E-state index >= 15 is 0 Å². The van der Waals surface area contributed by atoms with E-state index in [0.29, 0.717) is 0 Å². The van der Waals surface area contributed by atoms with Crippen molar-refractivity contribution in [3.8, 4) is 0 Å². The number of nitrogens with zero attached hydrogens (tertiary/aromatic N) is 2. The van der Waals surface area contributed by atoms with Gasteiger partial charge in [-0.2, -0.15) is 0 Å². The van der Waals surface area contributed by atoms with Crippen molar-refractivity contribution in [3.63, 3.8) is 0 Å². The Balaban J connectivity index is 2.01. The molecule has 1 spiro atoms. The number of rotatable bonds is 2. The van der Waals surface area contributed by atoms with Gasteiger partial charge in [-0.15, -0.1) is 0 Å². The number of carbonyl (C=O) groups is 2. The maximum Gasteiger partial charge on any atom is 0.269 e. The van der Waals surface area contributed by atoms with Gasteiger partial charge < -0.3 is 4.90 Å². The lowest BCUT2D eigenvalue weighted by molar-refractivity contribution is -0.384. The van der Waals surface area contributed by atoms with Crippen LogP contribution in [0.4, 0.5) is 5.69 Å². The molecule has 3 rings (SSSR count). The van der Waals surface area contributed by atoms with Gasteiger partial charge in [0.25, 0.3) is 11.6 Å². The summed E-state index contributed by atoms with van der Waals surface area (Å²) < 4.78 is 0. The van der Waals surface area contributed by atoms with Gasteiger partial charge in [-0.3, -0.25) is 19.7 Å². The van der Waals surface area contributed by atoms with Crippen LogP contribution < -0.4 is 0 Å². The maximum absolute atomic E-state index is 13.0. The molecule has 1 aromatic carbocycles. The van der Waals surface area contributed by atoms with Crippen LogP contribution in [0.1, 0.15) is 16.8 Å². The van der Waals surface area contributed by atoms with Crippen molar-refractivity contribution in [1.82, 2.24) is 4.90 Å². The standard InChI is InChI=1S/C17H12Cl2N2O4/c18-12-9-14(19)17(15(22)10-12)7-1-2-8-20(17)16(23)11-3-5-13(6-4-11)21(24)25/h1-6,9-10H,7-8H2. The highest BCUT2D eigenvalue weighted by Gasteiger charge is 2.49. The second-order valence-corrected chi connectivity index (χ2v) is 6.48. The van der Waals surface area contributed by atoms with Gasteiger partial charge in [-0.1, -0.05) is 35.4 Å². The van der Waals surface area contributed by atoms with Crippen molar-refractivity contribution < 1.29 is 14.5 Å². The number of ketones is 1. The van der Waals surface area contributed by atoms with E-state index < -0.39 is 16.4 Å². The predicted molar refractivity (Wildman–Crippen MR) is 93.5 cm³/mol. The normalized spacial score (nSPS) is 22.6. The largest absolute Gasteiger partial charge is 0.317 e. The molecule has 0 saturated carbocycles. The summed E-state index contributed by atoms with van der Waals surface area (Å²) in [6.07, 6.45) is 6.51. The monoisotopic (exact) mass is 378 g/mol. The third-order valence-corrected chi connectivity index (χ3v) is 4.88. The quantitative estimate of drug-likeness (QED) is 0.447. The van der Waals surface area contributed by atoms with Crippen LogP contribution in [0.15, 0.2) is 58.6 Å². The Hall–Kier alpha value is -2.44. The summed E-state index contributed by atoms with van der Waals surface area (Å²) in [4.78, 5) is 37.2. The minimum atomic E-state index is -1.33.